The molecule has 1 aromatic rings. The lowest BCUT2D eigenvalue weighted by Crippen LogP contribution is -2.45. The monoisotopic (exact) mass is 535 g/mol. The Balaban J connectivity index is 2.03. The van der Waals surface area contributed by atoms with Gasteiger partial charge in [0, 0.05) is 60.5 Å². The Morgan fingerprint density at radius 2 is 1.49 bits per heavy atom. The molecule has 0 radical (unpaired) electrons. The zero-order chi connectivity index (χ0) is 28.5. The third kappa shape index (κ3) is 5.72. The van der Waals surface area contributed by atoms with E-state index in [9.17, 15) is 9.59 Å². The molecule has 0 saturated carbocycles. The van der Waals surface area contributed by atoms with Crippen molar-refractivity contribution in [2.24, 2.45) is 10.8 Å². The Bertz CT molecular complexity index is 1160. The van der Waals surface area contributed by atoms with Crippen LogP contribution in [-0.4, -0.2) is 49.9 Å². The zero-order valence-corrected chi connectivity index (χ0v) is 24.9. The molecule has 39 heavy (non-hydrogen) atoms. The fourth-order valence-electron chi connectivity index (χ4n) is 6.56. The summed E-state index contributed by atoms with van der Waals surface area (Å²) in [6.45, 7) is 18.6. The largest absolute Gasteiger partial charge is 0.490 e. The van der Waals surface area contributed by atoms with Crippen LogP contribution in [0.5, 0.6) is 11.5 Å². The van der Waals surface area contributed by atoms with E-state index in [2.05, 4.69) is 45.2 Å². The molecule has 0 N–H and O–H groups in total. The quantitative estimate of drug-likeness (QED) is 0.317. The smallest absolute Gasteiger partial charge is 0.164 e. The van der Waals surface area contributed by atoms with Crippen molar-refractivity contribution >= 4 is 11.6 Å². The first kappa shape index (κ1) is 29.1. The molecule has 0 bridgehead atoms. The second-order valence-electron chi connectivity index (χ2n) is 12.5. The van der Waals surface area contributed by atoms with Gasteiger partial charge in [0.15, 0.2) is 23.1 Å². The molecular formula is C33H45NO5. The van der Waals surface area contributed by atoms with Gasteiger partial charge in [-0.2, -0.15) is 0 Å². The van der Waals surface area contributed by atoms with Crippen molar-refractivity contribution in [1.82, 2.24) is 4.90 Å². The Morgan fingerprint density at radius 3 is 1.97 bits per heavy atom. The van der Waals surface area contributed by atoms with Gasteiger partial charge < -0.3 is 19.1 Å². The van der Waals surface area contributed by atoms with Crippen LogP contribution >= 0.6 is 0 Å². The second-order valence-corrected chi connectivity index (χ2v) is 12.5. The Morgan fingerprint density at radius 1 is 0.923 bits per heavy atom. The Kier molecular flexibility index (Phi) is 8.46. The summed E-state index contributed by atoms with van der Waals surface area (Å²) in [5, 5.41) is 0. The molecule has 0 fully saturated rings. The number of hydrogen-bond acceptors (Lipinski definition) is 6. The lowest BCUT2D eigenvalue weighted by Gasteiger charge is -2.49. The lowest BCUT2D eigenvalue weighted by molar-refractivity contribution is -0.119. The molecule has 4 rings (SSSR count). The molecule has 0 unspecified atom stereocenters. The summed E-state index contributed by atoms with van der Waals surface area (Å²) >= 11 is 0. The molecule has 2 aliphatic carbocycles. The molecule has 212 valence electrons. The maximum Gasteiger partial charge on any atom is 0.164 e. The zero-order valence-electron chi connectivity index (χ0n) is 24.9. The Hall–Kier alpha value is -2.86. The number of benzene rings is 1. The van der Waals surface area contributed by atoms with Crippen LogP contribution in [-0.2, 0) is 20.7 Å². The van der Waals surface area contributed by atoms with Crippen LogP contribution in [0.2, 0.25) is 0 Å². The second kappa shape index (κ2) is 11.3. The minimum Gasteiger partial charge on any atom is -0.490 e. The van der Waals surface area contributed by atoms with E-state index in [0.29, 0.717) is 57.1 Å². The summed E-state index contributed by atoms with van der Waals surface area (Å²) in [4.78, 5) is 30.3. The predicted octanol–water partition coefficient (Wildman–Crippen LogP) is 6.54. The summed E-state index contributed by atoms with van der Waals surface area (Å²) < 4.78 is 17.6. The Labute approximate surface area is 234 Å². The van der Waals surface area contributed by atoms with Crippen molar-refractivity contribution in [2.45, 2.75) is 79.6 Å². The fraction of sp³-hybridized carbons (Fsp3) is 0.576. The van der Waals surface area contributed by atoms with Crippen molar-refractivity contribution in [3.63, 3.8) is 0 Å². The van der Waals surface area contributed by atoms with Gasteiger partial charge in [-0.25, -0.2) is 0 Å². The standard InChI is InChI=1S/C33H45NO5/c1-9-12-21-15-22(16-27(38-10-2)31(21)39-11-3)28-29-23(17-32(4,5)19-25(29)35)34(13-14-37-8)24-18-33(6,7)20-26(36)30(24)28/h9,15-16,28H,1,10-14,17-20H2,2-8H3. The third-order valence-corrected chi connectivity index (χ3v) is 7.98. The molecule has 3 aliphatic rings. The molecule has 0 saturated heterocycles. The van der Waals surface area contributed by atoms with Crippen LogP contribution in [0.4, 0.5) is 0 Å². The van der Waals surface area contributed by atoms with Crippen LogP contribution in [0.1, 0.15) is 84.3 Å². The van der Waals surface area contributed by atoms with Crippen LogP contribution < -0.4 is 9.47 Å². The molecule has 0 aromatic heterocycles. The maximum atomic E-state index is 14.0. The molecule has 6 heteroatoms. The van der Waals surface area contributed by atoms with Gasteiger partial charge in [0.05, 0.1) is 19.8 Å². The molecule has 0 spiro atoms. The first-order valence-electron chi connectivity index (χ1n) is 14.3. The molecule has 6 nitrogen and oxygen atoms in total. The minimum absolute atomic E-state index is 0.120. The van der Waals surface area contributed by atoms with E-state index in [-0.39, 0.29) is 22.4 Å². The first-order chi connectivity index (χ1) is 18.5. The van der Waals surface area contributed by atoms with Gasteiger partial charge in [0.25, 0.3) is 0 Å². The van der Waals surface area contributed by atoms with E-state index in [1.54, 1.807) is 7.11 Å². The number of methoxy groups -OCH3 is 1. The van der Waals surface area contributed by atoms with Crippen molar-refractivity contribution in [3.05, 3.63) is 58.5 Å². The van der Waals surface area contributed by atoms with E-state index in [1.165, 1.54) is 0 Å². The molecule has 1 heterocycles. The molecular weight excluding hydrogens is 490 g/mol. The minimum atomic E-state index is -0.431. The van der Waals surface area contributed by atoms with E-state index in [1.807, 2.05) is 26.0 Å². The number of carbonyl (C=O) groups excluding carboxylic acids is 2. The highest BCUT2D eigenvalue weighted by molar-refractivity contribution is 6.06. The summed E-state index contributed by atoms with van der Waals surface area (Å²) in [6.07, 6.45) is 4.90. The summed E-state index contributed by atoms with van der Waals surface area (Å²) in [5.74, 6) is 1.16. The summed E-state index contributed by atoms with van der Waals surface area (Å²) in [5.41, 5.74) is 5.13. The van der Waals surface area contributed by atoms with Crippen LogP contribution in [0, 0.1) is 10.8 Å². The number of carbonyl (C=O) groups is 2. The maximum absolute atomic E-state index is 14.0. The van der Waals surface area contributed by atoms with Gasteiger partial charge in [-0.1, -0.05) is 39.8 Å². The number of allylic oxidation sites excluding steroid dienone is 5. The van der Waals surface area contributed by atoms with Crippen molar-refractivity contribution < 1.29 is 23.8 Å². The first-order valence-corrected chi connectivity index (χ1v) is 14.3. The number of rotatable bonds is 10. The van der Waals surface area contributed by atoms with Crippen molar-refractivity contribution in [3.8, 4) is 11.5 Å². The summed E-state index contributed by atoms with van der Waals surface area (Å²) in [6, 6.07) is 4.09. The van der Waals surface area contributed by atoms with Crippen molar-refractivity contribution in [2.75, 3.05) is 33.5 Å². The third-order valence-electron chi connectivity index (χ3n) is 7.98. The lowest BCUT2D eigenvalue weighted by atomic mass is 9.63. The number of Topliss-reactive ketones (excluding diaryl/α,β-unsaturated/α-hetero) is 2. The van der Waals surface area contributed by atoms with Gasteiger partial charge in [-0.3, -0.25) is 9.59 Å². The van der Waals surface area contributed by atoms with Crippen molar-refractivity contribution in [1.29, 1.82) is 0 Å². The highest BCUT2D eigenvalue weighted by Gasteiger charge is 2.49. The predicted molar refractivity (Wildman–Crippen MR) is 154 cm³/mol. The molecule has 1 aromatic carbocycles. The average molecular weight is 536 g/mol. The van der Waals surface area contributed by atoms with Gasteiger partial charge >= 0.3 is 0 Å². The van der Waals surface area contributed by atoms with E-state index in [0.717, 1.165) is 46.5 Å². The molecule has 1 aliphatic heterocycles. The summed E-state index contributed by atoms with van der Waals surface area (Å²) in [7, 11) is 1.69. The fourth-order valence-corrected chi connectivity index (χ4v) is 6.56. The molecule has 0 atom stereocenters. The van der Waals surface area contributed by atoms with Gasteiger partial charge in [0.1, 0.15) is 0 Å². The van der Waals surface area contributed by atoms with E-state index in [4.69, 9.17) is 14.2 Å². The number of ether oxygens (including phenoxy) is 3. The van der Waals surface area contributed by atoms with E-state index >= 15 is 0 Å². The SMILES string of the molecule is C=CCc1cc(C2C3=C(CC(C)(C)CC3=O)N(CCOC)C3=C2C(=O)CC(C)(C)C3)cc(OCC)c1OCC. The normalized spacial score (nSPS) is 20.6. The van der Waals surface area contributed by atoms with Crippen LogP contribution in [0.15, 0.2) is 47.3 Å². The van der Waals surface area contributed by atoms with E-state index < -0.39 is 5.92 Å². The van der Waals surface area contributed by atoms with Gasteiger partial charge in [-0.15, -0.1) is 6.58 Å². The van der Waals surface area contributed by atoms with Crippen LogP contribution in [0.3, 0.4) is 0 Å². The highest BCUT2D eigenvalue weighted by Crippen LogP contribution is 2.55. The van der Waals surface area contributed by atoms with Gasteiger partial charge in [0.2, 0.25) is 0 Å². The average Bonchev–Trinajstić information content (AvgIpc) is 2.83. The number of hydrogen-bond donors (Lipinski definition) is 0. The number of nitrogens with zero attached hydrogens (tertiary/aromatic N) is 1. The highest BCUT2D eigenvalue weighted by atomic mass is 16.5. The molecule has 0 amide bonds. The van der Waals surface area contributed by atoms with Crippen LogP contribution in [0.25, 0.3) is 0 Å². The topological polar surface area (TPSA) is 65.1 Å². The number of ketones is 2. The van der Waals surface area contributed by atoms with Gasteiger partial charge in [-0.05, 0) is 55.6 Å².